The van der Waals surface area contributed by atoms with Gasteiger partial charge in [-0.2, -0.15) is 0 Å². The Hall–Kier alpha value is -0.0800. The average Bonchev–Trinajstić information content (AvgIpc) is 2.24. The molecule has 0 aliphatic heterocycles. The maximum absolute atomic E-state index is 5.33. The van der Waals surface area contributed by atoms with E-state index in [1.165, 1.54) is 32.1 Å². The summed E-state index contributed by atoms with van der Waals surface area (Å²) in [5.74, 6) is 0. The van der Waals surface area contributed by atoms with Gasteiger partial charge in [-0.3, -0.25) is 0 Å². The van der Waals surface area contributed by atoms with Crippen LogP contribution >= 0.6 is 0 Å². The molecule has 0 spiro atoms. The van der Waals surface area contributed by atoms with Gasteiger partial charge < -0.3 is 10.1 Å². The van der Waals surface area contributed by atoms with Crippen LogP contribution in [0.5, 0.6) is 0 Å². The Balaban J connectivity index is 3.91. The number of ether oxygens (including phenoxy) is 1. The molecule has 92 valence electrons. The first-order chi connectivity index (χ1) is 7.15. The lowest BCUT2D eigenvalue weighted by atomic mass is 10.0. The first-order valence-electron chi connectivity index (χ1n) is 6.44. The number of methoxy groups -OCH3 is 1. The van der Waals surface area contributed by atoms with Gasteiger partial charge in [-0.1, -0.05) is 33.1 Å². The van der Waals surface area contributed by atoms with E-state index in [4.69, 9.17) is 4.74 Å². The lowest BCUT2D eigenvalue weighted by Gasteiger charge is -2.26. The van der Waals surface area contributed by atoms with Crippen LogP contribution in [0, 0.1) is 0 Å². The molecular formula is C13H29NO. The van der Waals surface area contributed by atoms with Crippen molar-refractivity contribution in [2.75, 3.05) is 7.11 Å². The summed E-state index contributed by atoms with van der Waals surface area (Å²) in [7, 11) is 1.78. The Kier molecular flexibility index (Phi) is 9.12. The van der Waals surface area contributed by atoms with Crippen LogP contribution < -0.4 is 5.32 Å². The van der Waals surface area contributed by atoms with E-state index < -0.39 is 0 Å². The predicted molar refractivity (Wildman–Crippen MR) is 67.3 cm³/mol. The third kappa shape index (κ3) is 6.91. The van der Waals surface area contributed by atoms with Gasteiger partial charge in [0, 0.05) is 19.2 Å². The van der Waals surface area contributed by atoms with Gasteiger partial charge in [0.05, 0.1) is 6.10 Å². The molecule has 0 aromatic heterocycles. The van der Waals surface area contributed by atoms with Gasteiger partial charge in [0.1, 0.15) is 0 Å². The van der Waals surface area contributed by atoms with Crippen molar-refractivity contribution in [3.8, 4) is 0 Å². The van der Waals surface area contributed by atoms with E-state index in [1.54, 1.807) is 7.11 Å². The Morgan fingerprint density at radius 1 is 1.07 bits per heavy atom. The summed E-state index contributed by atoms with van der Waals surface area (Å²) >= 11 is 0. The minimum atomic E-state index is 0.297. The van der Waals surface area contributed by atoms with Crippen LogP contribution in [0.4, 0.5) is 0 Å². The van der Waals surface area contributed by atoms with Gasteiger partial charge in [-0.25, -0.2) is 0 Å². The van der Waals surface area contributed by atoms with E-state index in [2.05, 4.69) is 33.0 Å². The molecule has 0 aromatic carbocycles. The highest BCUT2D eigenvalue weighted by Gasteiger charge is 2.15. The molecule has 2 heteroatoms. The van der Waals surface area contributed by atoms with Crippen LogP contribution in [-0.4, -0.2) is 25.3 Å². The first-order valence-corrected chi connectivity index (χ1v) is 6.44. The van der Waals surface area contributed by atoms with Crippen molar-refractivity contribution in [1.82, 2.24) is 5.32 Å². The largest absolute Gasteiger partial charge is 0.380 e. The maximum Gasteiger partial charge on any atom is 0.0693 e. The second kappa shape index (κ2) is 9.17. The van der Waals surface area contributed by atoms with E-state index in [0.717, 1.165) is 0 Å². The standard InChI is InChI=1S/C13H29NO/c1-6-8-10-13(9-7-2)14-11(3)12(4)15-5/h11-14H,6-10H2,1-5H3. The van der Waals surface area contributed by atoms with Gasteiger partial charge in [0.25, 0.3) is 0 Å². The van der Waals surface area contributed by atoms with Crippen LogP contribution in [0.1, 0.15) is 59.8 Å². The number of unbranched alkanes of at least 4 members (excludes halogenated alkanes) is 1. The summed E-state index contributed by atoms with van der Waals surface area (Å²) in [6.45, 7) is 8.85. The Morgan fingerprint density at radius 3 is 2.20 bits per heavy atom. The molecule has 0 saturated carbocycles. The van der Waals surface area contributed by atoms with Crippen LogP contribution in [0.15, 0.2) is 0 Å². The predicted octanol–water partition coefficient (Wildman–Crippen LogP) is 3.36. The molecule has 1 N–H and O–H groups in total. The Labute approximate surface area is 95.8 Å². The van der Waals surface area contributed by atoms with E-state index in [1.807, 2.05) is 0 Å². The second-order valence-corrected chi connectivity index (χ2v) is 4.52. The second-order valence-electron chi connectivity index (χ2n) is 4.52. The third-order valence-electron chi connectivity index (χ3n) is 3.12. The molecule has 0 heterocycles. The summed E-state index contributed by atoms with van der Waals surface area (Å²) in [5, 5.41) is 3.68. The minimum Gasteiger partial charge on any atom is -0.380 e. The van der Waals surface area contributed by atoms with Crippen molar-refractivity contribution in [2.45, 2.75) is 78.0 Å². The lowest BCUT2D eigenvalue weighted by Crippen LogP contribution is -2.43. The van der Waals surface area contributed by atoms with E-state index in [0.29, 0.717) is 18.2 Å². The third-order valence-corrected chi connectivity index (χ3v) is 3.12. The quantitative estimate of drug-likeness (QED) is 0.637. The maximum atomic E-state index is 5.33. The molecule has 2 nitrogen and oxygen atoms in total. The topological polar surface area (TPSA) is 21.3 Å². The molecule has 0 radical (unpaired) electrons. The zero-order valence-electron chi connectivity index (χ0n) is 11.2. The molecule has 3 unspecified atom stereocenters. The number of hydrogen-bond donors (Lipinski definition) is 1. The normalized spacial score (nSPS) is 17.4. The molecule has 0 aliphatic rings. The number of rotatable bonds is 9. The van der Waals surface area contributed by atoms with E-state index in [9.17, 15) is 0 Å². The van der Waals surface area contributed by atoms with E-state index in [-0.39, 0.29) is 0 Å². The summed E-state index contributed by atoms with van der Waals surface area (Å²) < 4.78 is 5.33. The van der Waals surface area contributed by atoms with Gasteiger partial charge in [0.2, 0.25) is 0 Å². The smallest absolute Gasteiger partial charge is 0.0693 e. The van der Waals surface area contributed by atoms with Crippen LogP contribution in [0.2, 0.25) is 0 Å². The van der Waals surface area contributed by atoms with Crippen molar-refractivity contribution in [2.24, 2.45) is 0 Å². The molecule has 0 bridgehead atoms. The minimum absolute atomic E-state index is 0.297. The van der Waals surface area contributed by atoms with Gasteiger partial charge in [-0.05, 0) is 26.7 Å². The Bertz CT molecular complexity index is 138. The zero-order chi connectivity index (χ0) is 11.7. The molecule has 0 aromatic rings. The average molecular weight is 215 g/mol. The van der Waals surface area contributed by atoms with Crippen LogP contribution in [-0.2, 0) is 4.74 Å². The fourth-order valence-corrected chi connectivity index (χ4v) is 1.82. The van der Waals surface area contributed by atoms with Crippen molar-refractivity contribution in [3.05, 3.63) is 0 Å². The summed E-state index contributed by atoms with van der Waals surface area (Å²) in [5.41, 5.74) is 0. The van der Waals surface area contributed by atoms with Crippen LogP contribution in [0.25, 0.3) is 0 Å². The highest BCUT2D eigenvalue weighted by molar-refractivity contribution is 4.75. The number of nitrogens with one attached hydrogen (secondary N) is 1. The fourth-order valence-electron chi connectivity index (χ4n) is 1.82. The molecule has 0 fully saturated rings. The summed E-state index contributed by atoms with van der Waals surface area (Å²) in [6, 6.07) is 1.12. The van der Waals surface area contributed by atoms with Crippen molar-refractivity contribution < 1.29 is 4.74 Å². The molecule has 0 amide bonds. The molecule has 0 aliphatic carbocycles. The zero-order valence-corrected chi connectivity index (χ0v) is 11.2. The van der Waals surface area contributed by atoms with E-state index >= 15 is 0 Å². The van der Waals surface area contributed by atoms with Crippen molar-refractivity contribution in [1.29, 1.82) is 0 Å². The first kappa shape index (κ1) is 14.9. The van der Waals surface area contributed by atoms with Crippen LogP contribution in [0.3, 0.4) is 0 Å². The summed E-state index contributed by atoms with van der Waals surface area (Å²) in [6.07, 6.45) is 6.74. The molecule has 3 atom stereocenters. The fraction of sp³-hybridized carbons (Fsp3) is 1.00. The van der Waals surface area contributed by atoms with Crippen molar-refractivity contribution >= 4 is 0 Å². The van der Waals surface area contributed by atoms with Gasteiger partial charge >= 0.3 is 0 Å². The molecular weight excluding hydrogens is 186 g/mol. The number of hydrogen-bond acceptors (Lipinski definition) is 2. The highest BCUT2D eigenvalue weighted by Crippen LogP contribution is 2.09. The lowest BCUT2D eigenvalue weighted by molar-refractivity contribution is 0.0832. The van der Waals surface area contributed by atoms with Gasteiger partial charge in [-0.15, -0.1) is 0 Å². The van der Waals surface area contributed by atoms with Gasteiger partial charge in [0.15, 0.2) is 0 Å². The molecule has 15 heavy (non-hydrogen) atoms. The molecule has 0 rings (SSSR count). The SMILES string of the molecule is CCCCC(CCC)NC(C)C(C)OC. The highest BCUT2D eigenvalue weighted by atomic mass is 16.5. The monoisotopic (exact) mass is 215 g/mol. The summed E-state index contributed by atoms with van der Waals surface area (Å²) in [4.78, 5) is 0. The van der Waals surface area contributed by atoms with Crippen molar-refractivity contribution in [3.63, 3.8) is 0 Å². The Morgan fingerprint density at radius 2 is 1.73 bits per heavy atom. The molecule has 0 saturated heterocycles.